The molecule has 0 atom stereocenters. The maximum absolute atomic E-state index is 10.1. The van der Waals surface area contributed by atoms with Gasteiger partial charge in [-0.2, -0.15) is 0 Å². The Hall–Kier alpha value is 0.0897. The van der Waals surface area contributed by atoms with Gasteiger partial charge in [-0.15, -0.1) is 0 Å². The minimum atomic E-state index is -2.67. The predicted octanol–water partition coefficient (Wildman–Crippen LogP) is 0.565. The van der Waals surface area contributed by atoms with Crippen LogP contribution in [0, 0.1) is 0 Å². The SMILES string of the molecule is CC(C)(C)P(C(C)(C)C)C(C)(C)C.OB(O)F.OB(O)F.OB(O)F.OB(O)F. The first-order valence-electron chi connectivity index (χ1n) is 8.11. The number of hydrogen-bond donors (Lipinski definition) is 8. The zero-order chi connectivity index (χ0) is 25.4. The van der Waals surface area contributed by atoms with E-state index in [2.05, 4.69) is 62.3 Å². The highest BCUT2D eigenvalue weighted by molar-refractivity contribution is 7.62. The summed E-state index contributed by atoms with van der Waals surface area (Å²) in [5.41, 5.74) is 0. The topological polar surface area (TPSA) is 162 Å². The monoisotopic (exact) mass is 458 g/mol. The molecule has 0 spiro atoms. The van der Waals surface area contributed by atoms with Crippen molar-refractivity contribution >= 4 is 37.5 Å². The molecule has 0 aliphatic rings. The van der Waals surface area contributed by atoms with Crippen LogP contribution in [0.3, 0.4) is 0 Å². The van der Waals surface area contributed by atoms with Crippen molar-refractivity contribution in [3.63, 3.8) is 0 Å². The van der Waals surface area contributed by atoms with Gasteiger partial charge < -0.3 is 40.2 Å². The van der Waals surface area contributed by atoms with Crippen LogP contribution < -0.4 is 0 Å². The van der Waals surface area contributed by atoms with E-state index in [0.717, 1.165) is 0 Å². The fourth-order valence-electron chi connectivity index (χ4n) is 3.02. The van der Waals surface area contributed by atoms with Crippen LogP contribution >= 0.6 is 7.92 Å². The van der Waals surface area contributed by atoms with E-state index in [4.69, 9.17) is 40.2 Å². The average molecular weight is 458 g/mol. The number of hydrogen-bond acceptors (Lipinski definition) is 8. The summed E-state index contributed by atoms with van der Waals surface area (Å²) in [4.78, 5) is 0. The average Bonchev–Trinajstić information content (AvgIpc) is 2.16. The van der Waals surface area contributed by atoms with Gasteiger partial charge in [-0.1, -0.05) is 70.2 Å². The van der Waals surface area contributed by atoms with Crippen molar-refractivity contribution in [2.24, 2.45) is 0 Å². The highest BCUT2D eigenvalue weighted by Gasteiger charge is 2.41. The van der Waals surface area contributed by atoms with Crippen molar-refractivity contribution in [3.8, 4) is 0 Å². The van der Waals surface area contributed by atoms with E-state index < -0.39 is 29.6 Å². The van der Waals surface area contributed by atoms with Gasteiger partial charge in [0.2, 0.25) is 0 Å². The molecule has 0 rings (SSSR count). The lowest BCUT2D eigenvalue weighted by Crippen LogP contribution is -2.34. The molecule has 29 heavy (non-hydrogen) atoms. The second kappa shape index (κ2) is 18.8. The summed E-state index contributed by atoms with van der Waals surface area (Å²) in [6.07, 6.45) is 0. The van der Waals surface area contributed by atoms with Gasteiger partial charge in [-0.3, -0.25) is 17.3 Å². The largest absolute Gasteiger partial charge is 0.674 e. The Labute approximate surface area is 173 Å². The third kappa shape index (κ3) is 58.4. The normalized spacial score (nSPS) is 10.6. The van der Waals surface area contributed by atoms with E-state index in [1.807, 2.05) is 0 Å². The Balaban J connectivity index is -0.0000000984. The summed E-state index contributed by atoms with van der Waals surface area (Å²) in [7, 11) is -10.7. The van der Waals surface area contributed by atoms with Crippen molar-refractivity contribution < 1.29 is 57.5 Å². The Kier molecular flexibility index (Phi) is 25.7. The second-order valence-corrected chi connectivity index (χ2v) is 12.8. The highest BCUT2D eigenvalue weighted by atomic mass is 31.1. The first-order valence-corrected chi connectivity index (χ1v) is 9.45. The van der Waals surface area contributed by atoms with Crippen LogP contribution in [-0.2, 0) is 0 Å². The molecule has 0 fully saturated rings. The molecule has 0 radical (unpaired) electrons. The summed E-state index contributed by atoms with van der Waals surface area (Å²) in [6.45, 7) is 21.5. The summed E-state index contributed by atoms with van der Waals surface area (Å²) in [5, 5.41) is 56.9. The third-order valence-corrected chi connectivity index (χ3v) is 6.04. The first-order chi connectivity index (χ1) is 12.3. The maximum Gasteiger partial charge on any atom is 0.674 e. The smallest absolute Gasteiger partial charge is 0.398 e. The van der Waals surface area contributed by atoms with Crippen molar-refractivity contribution in [3.05, 3.63) is 0 Å². The molecular formula is C12H35B4F4O8P. The number of rotatable bonds is 0. The third-order valence-electron chi connectivity index (χ3n) is 2.01. The quantitative estimate of drug-likeness (QED) is 0.149. The molecular weight excluding hydrogens is 422 g/mol. The molecule has 0 saturated carbocycles. The molecule has 0 heterocycles. The summed E-state index contributed by atoms with van der Waals surface area (Å²) >= 11 is 0. The van der Waals surface area contributed by atoms with Crippen LogP contribution in [0.4, 0.5) is 17.3 Å². The predicted molar refractivity (Wildman–Crippen MR) is 111 cm³/mol. The second-order valence-electron chi connectivity index (χ2n) is 8.09. The zero-order valence-electron chi connectivity index (χ0n) is 18.3. The van der Waals surface area contributed by atoms with Crippen molar-refractivity contribution in [1.82, 2.24) is 0 Å². The zero-order valence-corrected chi connectivity index (χ0v) is 19.2. The van der Waals surface area contributed by atoms with Crippen molar-refractivity contribution in [2.45, 2.75) is 77.8 Å². The van der Waals surface area contributed by atoms with Gasteiger partial charge in [0.25, 0.3) is 0 Å². The molecule has 176 valence electrons. The van der Waals surface area contributed by atoms with Gasteiger partial charge >= 0.3 is 29.6 Å². The molecule has 0 bridgehead atoms. The van der Waals surface area contributed by atoms with Crippen LogP contribution in [0.25, 0.3) is 0 Å². The van der Waals surface area contributed by atoms with E-state index in [-0.39, 0.29) is 7.92 Å². The summed E-state index contributed by atoms with van der Waals surface area (Å²) < 4.78 is 40.4. The van der Waals surface area contributed by atoms with E-state index in [0.29, 0.717) is 15.5 Å². The standard InChI is InChI=1S/C12H27P.4BFH2O2/c1-10(2,3)13(11(4,5)6)12(7,8)9;4*2-1(3)4/h1-9H3;4*3-4H. The van der Waals surface area contributed by atoms with E-state index in [1.54, 1.807) is 0 Å². The minimum Gasteiger partial charge on any atom is -0.398 e. The molecule has 0 aromatic rings. The van der Waals surface area contributed by atoms with Crippen molar-refractivity contribution in [2.75, 3.05) is 0 Å². The van der Waals surface area contributed by atoms with E-state index >= 15 is 0 Å². The molecule has 0 saturated heterocycles. The van der Waals surface area contributed by atoms with Crippen LogP contribution in [0.2, 0.25) is 0 Å². The first kappa shape index (κ1) is 39.6. The molecule has 0 unspecified atom stereocenters. The Morgan fingerprint density at radius 2 is 0.483 bits per heavy atom. The Morgan fingerprint density at radius 1 is 0.414 bits per heavy atom. The molecule has 8 N–H and O–H groups in total. The highest BCUT2D eigenvalue weighted by Crippen LogP contribution is 2.66. The van der Waals surface area contributed by atoms with E-state index in [1.165, 1.54) is 0 Å². The van der Waals surface area contributed by atoms with Gasteiger partial charge in [-0.05, 0) is 15.5 Å². The summed E-state index contributed by atoms with van der Waals surface area (Å²) in [6, 6.07) is 0. The molecule has 8 nitrogen and oxygen atoms in total. The van der Waals surface area contributed by atoms with Gasteiger partial charge in [0.15, 0.2) is 0 Å². The minimum absolute atomic E-state index is 0.0162. The van der Waals surface area contributed by atoms with Gasteiger partial charge in [0, 0.05) is 0 Å². The lowest BCUT2D eigenvalue weighted by molar-refractivity contribution is 0.338. The Morgan fingerprint density at radius 3 is 0.483 bits per heavy atom. The van der Waals surface area contributed by atoms with E-state index in [9.17, 15) is 17.3 Å². The molecule has 0 amide bonds. The van der Waals surface area contributed by atoms with Gasteiger partial charge in [-0.25, -0.2) is 0 Å². The summed E-state index contributed by atoms with van der Waals surface area (Å²) in [5.74, 6) is 0. The molecule has 0 aromatic heterocycles. The molecule has 17 heteroatoms. The fourth-order valence-corrected chi connectivity index (χ4v) is 9.06. The van der Waals surface area contributed by atoms with Gasteiger partial charge in [0.1, 0.15) is 0 Å². The molecule has 0 aromatic carbocycles. The fraction of sp³-hybridized carbons (Fsp3) is 1.00. The number of halogens is 4. The molecule has 0 aliphatic heterocycles. The van der Waals surface area contributed by atoms with Gasteiger partial charge in [0.05, 0.1) is 0 Å². The van der Waals surface area contributed by atoms with Crippen LogP contribution in [0.15, 0.2) is 0 Å². The lowest BCUT2D eigenvalue weighted by atomic mass is 10.2. The van der Waals surface area contributed by atoms with Crippen LogP contribution in [-0.4, -0.2) is 85.2 Å². The van der Waals surface area contributed by atoms with Crippen LogP contribution in [0.1, 0.15) is 62.3 Å². The maximum atomic E-state index is 10.1. The van der Waals surface area contributed by atoms with Crippen LogP contribution in [0.5, 0.6) is 0 Å². The Bertz CT molecular complexity index is 286. The lowest BCUT2D eigenvalue weighted by Gasteiger charge is -2.49. The van der Waals surface area contributed by atoms with Crippen molar-refractivity contribution in [1.29, 1.82) is 0 Å². The molecule has 0 aliphatic carbocycles.